The monoisotopic (exact) mass is 476 g/mol. The Kier molecular flexibility index (Phi) is 8.44. The van der Waals surface area contributed by atoms with Gasteiger partial charge in [0.25, 0.3) is 5.91 Å². The molecule has 0 fully saturated rings. The highest BCUT2D eigenvalue weighted by Gasteiger charge is 2.23. The highest BCUT2D eigenvalue weighted by molar-refractivity contribution is 9.10. The summed E-state index contributed by atoms with van der Waals surface area (Å²) in [7, 11) is 1.67. The first-order valence-electron chi connectivity index (χ1n) is 10.4. The highest BCUT2D eigenvalue weighted by Crippen LogP contribution is 2.33. The molecule has 1 heterocycles. The minimum Gasteiger partial charge on any atom is -0.385 e. The number of methoxy groups -OCH3 is 1. The molecule has 5 nitrogen and oxygen atoms in total. The van der Waals surface area contributed by atoms with Gasteiger partial charge in [-0.05, 0) is 59.2 Å². The molecule has 1 aromatic heterocycles. The molecular formula is C24H33BrN2O3. The summed E-state index contributed by atoms with van der Waals surface area (Å²) in [6.45, 7) is 13.4. The van der Waals surface area contributed by atoms with E-state index in [9.17, 15) is 9.59 Å². The van der Waals surface area contributed by atoms with Gasteiger partial charge in [-0.2, -0.15) is 0 Å². The molecule has 1 N–H and O–H groups in total. The summed E-state index contributed by atoms with van der Waals surface area (Å²) in [4.78, 5) is 26.4. The Hall–Kier alpha value is -1.92. The van der Waals surface area contributed by atoms with Crippen LogP contribution in [-0.4, -0.2) is 24.2 Å². The first-order valence-corrected chi connectivity index (χ1v) is 11.2. The lowest BCUT2D eigenvalue weighted by Gasteiger charge is -2.22. The number of aromatic nitrogens is 1. The number of carbonyl (C=O) groups is 1. The fourth-order valence-electron chi connectivity index (χ4n) is 3.78. The largest absolute Gasteiger partial charge is 0.385 e. The van der Waals surface area contributed by atoms with Gasteiger partial charge in [0, 0.05) is 37.3 Å². The molecule has 0 saturated heterocycles. The van der Waals surface area contributed by atoms with E-state index in [1.165, 1.54) is 0 Å². The van der Waals surface area contributed by atoms with Gasteiger partial charge in [-0.25, -0.2) is 0 Å². The van der Waals surface area contributed by atoms with E-state index in [1.807, 2.05) is 36.6 Å². The van der Waals surface area contributed by atoms with E-state index in [-0.39, 0.29) is 28.7 Å². The molecule has 0 saturated carbocycles. The molecule has 0 aliphatic carbocycles. The molecule has 0 spiro atoms. The number of rotatable bonds is 8. The van der Waals surface area contributed by atoms with Crippen molar-refractivity contribution in [2.24, 2.45) is 0 Å². The summed E-state index contributed by atoms with van der Waals surface area (Å²) in [5, 5.41) is 3.08. The van der Waals surface area contributed by atoms with Gasteiger partial charge in [0.05, 0.1) is 4.47 Å². The van der Waals surface area contributed by atoms with Crippen molar-refractivity contribution >= 4 is 27.5 Å². The minimum atomic E-state index is -0.367. The smallest absolute Gasteiger partial charge is 0.261 e. The molecule has 30 heavy (non-hydrogen) atoms. The number of nitrogens with zero attached hydrogens (tertiary/aromatic N) is 1. The quantitative estimate of drug-likeness (QED) is 0.492. The number of para-hydroxylation sites is 1. The second-order valence-electron chi connectivity index (χ2n) is 8.26. The Labute approximate surface area is 188 Å². The predicted molar refractivity (Wildman–Crippen MR) is 127 cm³/mol. The van der Waals surface area contributed by atoms with Gasteiger partial charge in [0.15, 0.2) is 0 Å². The maximum atomic E-state index is 13.4. The van der Waals surface area contributed by atoms with Gasteiger partial charge in [0.1, 0.15) is 5.56 Å². The van der Waals surface area contributed by atoms with E-state index in [0.717, 1.165) is 28.9 Å². The Morgan fingerprint density at radius 2 is 1.67 bits per heavy atom. The molecule has 1 amide bonds. The van der Waals surface area contributed by atoms with Crippen molar-refractivity contribution in [2.45, 2.75) is 66.3 Å². The summed E-state index contributed by atoms with van der Waals surface area (Å²) >= 11 is 3.41. The van der Waals surface area contributed by atoms with Crippen LogP contribution in [0.25, 0.3) is 0 Å². The lowest BCUT2D eigenvalue weighted by atomic mass is 9.92. The molecule has 1 aromatic carbocycles. The van der Waals surface area contributed by atoms with E-state index in [4.69, 9.17) is 4.74 Å². The minimum absolute atomic E-state index is 0.179. The highest BCUT2D eigenvalue weighted by atomic mass is 79.9. The maximum Gasteiger partial charge on any atom is 0.261 e. The van der Waals surface area contributed by atoms with E-state index in [2.05, 4.69) is 48.9 Å². The van der Waals surface area contributed by atoms with Crippen LogP contribution < -0.4 is 10.7 Å². The topological polar surface area (TPSA) is 60.3 Å². The molecule has 164 valence electrons. The van der Waals surface area contributed by atoms with Crippen LogP contribution in [-0.2, 0) is 11.3 Å². The molecule has 0 bridgehead atoms. The Morgan fingerprint density at radius 1 is 1.10 bits per heavy atom. The number of pyridine rings is 1. The van der Waals surface area contributed by atoms with Gasteiger partial charge >= 0.3 is 0 Å². The van der Waals surface area contributed by atoms with Crippen LogP contribution >= 0.6 is 15.9 Å². The van der Waals surface area contributed by atoms with Crippen LogP contribution in [0.1, 0.15) is 78.8 Å². The number of hydrogen-bond donors (Lipinski definition) is 1. The van der Waals surface area contributed by atoms with Crippen molar-refractivity contribution in [3.05, 3.63) is 61.0 Å². The van der Waals surface area contributed by atoms with Crippen molar-refractivity contribution in [2.75, 3.05) is 19.0 Å². The number of amides is 1. The number of hydrogen-bond acceptors (Lipinski definition) is 3. The number of halogens is 1. The zero-order valence-electron chi connectivity index (χ0n) is 19.1. The molecule has 0 unspecified atom stereocenters. The third-order valence-electron chi connectivity index (χ3n) is 5.48. The number of carbonyl (C=O) groups excluding carboxylic acids is 1. The number of ether oxygens (including phenoxy) is 1. The number of benzene rings is 1. The van der Waals surface area contributed by atoms with Crippen molar-refractivity contribution in [1.82, 2.24) is 4.57 Å². The Balaban J connectivity index is 2.57. The van der Waals surface area contributed by atoms with Crippen LogP contribution in [0, 0.1) is 13.8 Å². The van der Waals surface area contributed by atoms with Crippen LogP contribution in [0.2, 0.25) is 0 Å². The lowest BCUT2D eigenvalue weighted by Crippen LogP contribution is -2.29. The zero-order valence-corrected chi connectivity index (χ0v) is 20.6. The van der Waals surface area contributed by atoms with Crippen LogP contribution in [0.5, 0.6) is 0 Å². The van der Waals surface area contributed by atoms with E-state index in [0.29, 0.717) is 23.3 Å². The normalized spacial score (nSPS) is 11.4. The fourth-order valence-corrected chi connectivity index (χ4v) is 4.20. The molecule has 2 aromatic rings. The maximum absolute atomic E-state index is 13.4. The summed E-state index contributed by atoms with van der Waals surface area (Å²) in [6.07, 6.45) is 0.794. The number of nitrogens with one attached hydrogen (secondary N) is 1. The van der Waals surface area contributed by atoms with Crippen molar-refractivity contribution in [1.29, 1.82) is 0 Å². The zero-order chi connectivity index (χ0) is 22.6. The van der Waals surface area contributed by atoms with Gasteiger partial charge in [-0.15, -0.1) is 0 Å². The van der Waals surface area contributed by atoms with Crippen LogP contribution in [0.4, 0.5) is 5.69 Å². The molecule has 6 heteroatoms. The summed E-state index contributed by atoms with van der Waals surface area (Å²) in [6, 6.07) is 6.09. The van der Waals surface area contributed by atoms with E-state index >= 15 is 0 Å². The van der Waals surface area contributed by atoms with Crippen molar-refractivity contribution < 1.29 is 9.53 Å². The van der Waals surface area contributed by atoms with E-state index in [1.54, 1.807) is 7.11 Å². The molecule has 2 rings (SSSR count). The molecular weight excluding hydrogens is 444 g/mol. The lowest BCUT2D eigenvalue weighted by molar-refractivity contribution is 0.102. The summed E-state index contributed by atoms with van der Waals surface area (Å²) in [5.41, 5.74) is 4.33. The molecule has 0 radical (unpaired) electrons. The third kappa shape index (κ3) is 5.03. The van der Waals surface area contributed by atoms with Crippen molar-refractivity contribution in [3.8, 4) is 0 Å². The predicted octanol–water partition coefficient (Wildman–Crippen LogP) is 5.76. The Morgan fingerprint density at radius 3 is 2.17 bits per heavy atom. The standard InChI is InChI=1S/C24H33BrN2O3/c1-14(2)18-10-8-11-19(15(3)4)22(18)26-24(29)20-16(5)27(12-9-13-30-7)17(6)21(25)23(20)28/h8,10-11,14-15H,9,12-13H2,1-7H3,(H,26,29). The van der Waals surface area contributed by atoms with Gasteiger partial charge in [0.2, 0.25) is 5.43 Å². The number of anilines is 1. The van der Waals surface area contributed by atoms with Gasteiger partial charge < -0.3 is 14.6 Å². The van der Waals surface area contributed by atoms with Crippen LogP contribution in [0.3, 0.4) is 0 Å². The fraction of sp³-hybridized carbons (Fsp3) is 0.500. The average Bonchev–Trinajstić information content (AvgIpc) is 2.68. The summed E-state index contributed by atoms with van der Waals surface area (Å²) in [5.74, 6) is 0.125. The SMILES string of the molecule is COCCCn1c(C)c(Br)c(=O)c(C(=O)Nc2c(C(C)C)cccc2C(C)C)c1C. The molecule has 0 aliphatic rings. The first kappa shape index (κ1) is 24.4. The van der Waals surface area contributed by atoms with Gasteiger partial charge in [-0.3, -0.25) is 9.59 Å². The molecule has 0 aliphatic heterocycles. The molecule has 0 atom stereocenters. The second kappa shape index (κ2) is 10.4. The third-order valence-corrected chi connectivity index (χ3v) is 6.42. The Bertz CT molecular complexity index is 951. The average molecular weight is 477 g/mol. The van der Waals surface area contributed by atoms with Crippen molar-refractivity contribution in [3.63, 3.8) is 0 Å². The van der Waals surface area contributed by atoms with Crippen LogP contribution in [0.15, 0.2) is 27.5 Å². The first-order chi connectivity index (χ1) is 14.1. The van der Waals surface area contributed by atoms with Gasteiger partial charge in [-0.1, -0.05) is 45.9 Å². The summed E-state index contributed by atoms with van der Waals surface area (Å²) < 4.78 is 7.60. The second-order valence-corrected chi connectivity index (χ2v) is 9.05. The van der Waals surface area contributed by atoms with E-state index < -0.39 is 0 Å².